The van der Waals surface area contributed by atoms with E-state index in [0.717, 1.165) is 69.7 Å². The van der Waals surface area contributed by atoms with Crippen molar-refractivity contribution < 1.29 is 14.6 Å². The fraction of sp³-hybridized carbons (Fsp3) is 0.351. The largest absolute Gasteiger partial charge is 0.399 e. The van der Waals surface area contributed by atoms with E-state index in [1.165, 1.54) is 5.69 Å². The summed E-state index contributed by atoms with van der Waals surface area (Å²) in [6, 6.07) is 21.6. The first-order valence-electron chi connectivity index (χ1n) is 17.1. The molecule has 1 atom stereocenters. The van der Waals surface area contributed by atoms with E-state index in [1.54, 1.807) is 22.5 Å². The van der Waals surface area contributed by atoms with Gasteiger partial charge in [0, 0.05) is 55.1 Å². The molecule has 0 saturated carbocycles. The lowest BCUT2D eigenvalue weighted by Crippen LogP contribution is -2.36. The molecule has 2 saturated heterocycles. The monoisotopic (exact) mass is 677 g/mol. The third kappa shape index (κ3) is 7.34. The molecule has 3 aliphatic rings. The van der Waals surface area contributed by atoms with Gasteiger partial charge in [-0.25, -0.2) is 19.3 Å². The topological polar surface area (TPSA) is 149 Å². The van der Waals surface area contributed by atoms with Crippen LogP contribution in [0.25, 0.3) is 16.9 Å². The first-order chi connectivity index (χ1) is 24.4. The summed E-state index contributed by atoms with van der Waals surface area (Å²) < 4.78 is 14.0. The number of rotatable bonds is 4. The zero-order valence-electron chi connectivity index (χ0n) is 28.2. The van der Waals surface area contributed by atoms with Crippen LogP contribution in [0.2, 0.25) is 0 Å². The number of anilines is 5. The minimum atomic E-state index is -1.09. The lowest BCUT2D eigenvalue weighted by atomic mass is 9.95. The molecular formula is C37H43N9O4. The maximum atomic E-state index is 13.3. The molecule has 0 radical (unpaired) electrons. The first kappa shape index (κ1) is 33.3. The second-order valence-corrected chi connectivity index (χ2v) is 12.8. The number of benzene rings is 2. The predicted molar refractivity (Wildman–Crippen MR) is 196 cm³/mol. The van der Waals surface area contributed by atoms with Crippen LogP contribution in [-0.4, -0.2) is 82.0 Å². The van der Waals surface area contributed by atoms with E-state index in [9.17, 15) is 9.90 Å². The van der Waals surface area contributed by atoms with Crippen LogP contribution in [0, 0.1) is 0 Å². The highest BCUT2D eigenvalue weighted by atomic mass is 16.5. The molecule has 0 spiro atoms. The summed E-state index contributed by atoms with van der Waals surface area (Å²) >= 11 is 0. The molecule has 3 aromatic heterocycles. The van der Waals surface area contributed by atoms with Gasteiger partial charge in [-0.2, -0.15) is 4.98 Å². The molecule has 4 N–H and O–H groups in total. The van der Waals surface area contributed by atoms with Gasteiger partial charge in [-0.3, -0.25) is 4.79 Å². The number of fused-ring (bicyclic) bond motifs is 6. The molecule has 0 aliphatic carbocycles. The van der Waals surface area contributed by atoms with Crippen LogP contribution in [0.3, 0.4) is 0 Å². The van der Waals surface area contributed by atoms with Crippen LogP contribution in [0.4, 0.5) is 28.7 Å². The number of aromatic nitrogens is 5. The number of hydrogen-bond donors (Lipinski definition) is 3. The fourth-order valence-electron chi connectivity index (χ4n) is 6.33. The summed E-state index contributed by atoms with van der Waals surface area (Å²) in [7, 11) is 0. The lowest BCUT2D eigenvalue weighted by molar-refractivity contribution is 0.0443. The predicted octanol–water partition coefficient (Wildman–Crippen LogP) is 4.22. The second kappa shape index (κ2) is 14.7. The van der Waals surface area contributed by atoms with E-state index in [4.69, 9.17) is 25.2 Å². The molecule has 0 amide bonds. The molecule has 0 unspecified atom stereocenters. The molecule has 2 aromatic carbocycles. The minimum absolute atomic E-state index is 0.195. The summed E-state index contributed by atoms with van der Waals surface area (Å²) in [5, 5.41) is 14.7. The molecule has 13 nitrogen and oxygen atoms in total. The lowest BCUT2D eigenvalue weighted by Gasteiger charge is -2.28. The first-order valence-corrected chi connectivity index (χ1v) is 17.1. The third-order valence-corrected chi connectivity index (χ3v) is 9.19. The number of nitrogen functional groups attached to an aromatic ring is 1. The fourth-order valence-corrected chi connectivity index (χ4v) is 6.33. The number of ether oxygens (including phenoxy) is 2. The molecule has 50 heavy (non-hydrogen) atoms. The zero-order valence-corrected chi connectivity index (χ0v) is 28.2. The summed E-state index contributed by atoms with van der Waals surface area (Å²) in [5.41, 5.74) is 9.36. The van der Waals surface area contributed by atoms with Gasteiger partial charge in [-0.15, -0.1) is 0 Å². The number of nitrogens with two attached hydrogens (primary N) is 1. The van der Waals surface area contributed by atoms with E-state index in [0.29, 0.717) is 47.9 Å². The van der Waals surface area contributed by atoms with Gasteiger partial charge in [0.25, 0.3) is 5.56 Å². The van der Waals surface area contributed by atoms with Crippen LogP contribution < -0.4 is 26.4 Å². The molecule has 13 heteroatoms. The molecule has 8 rings (SSSR count). The van der Waals surface area contributed by atoms with Crippen LogP contribution in [-0.2, 0) is 21.6 Å². The van der Waals surface area contributed by atoms with Gasteiger partial charge in [0.05, 0.1) is 38.7 Å². The number of morpholine rings is 2. The molecule has 2 fully saturated rings. The van der Waals surface area contributed by atoms with Crippen molar-refractivity contribution >= 4 is 39.7 Å². The molecule has 2 bridgehead atoms. The van der Waals surface area contributed by atoms with Gasteiger partial charge in [0.1, 0.15) is 11.0 Å². The number of pyridine rings is 1. The minimum Gasteiger partial charge on any atom is -0.399 e. The molecule has 260 valence electrons. The van der Waals surface area contributed by atoms with Crippen LogP contribution in [0.1, 0.15) is 25.5 Å². The van der Waals surface area contributed by atoms with Crippen LogP contribution in [0.15, 0.2) is 89.9 Å². The quantitative estimate of drug-likeness (QED) is 0.186. The van der Waals surface area contributed by atoms with Gasteiger partial charge in [0.2, 0.25) is 5.95 Å². The second-order valence-electron chi connectivity index (χ2n) is 12.8. The van der Waals surface area contributed by atoms with Crippen molar-refractivity contribution in [3.63, 3.8) is 0 Å². The van der Waals surface area contributed by atoms with Crippen molar-refractivity contribution in [2.75, 3.05) is 73.5 Å². The summed E-state index contributed by atoms with van der Waals surface area (Å²) in [6.07, 6.45) is 6.67. The Hall–Kier alpha value is -5.24. The average molecular weight is 678 g/mol. The number of nitrogens with zero attached hydrogens (tertiary/aromatic N) is 7. The Morgan fingerprint density at radius 3 is 2.14 bits per heavy atom. The maximum absolute atomic E-state index is 13.3. The Morgan fingerprint density at radius 2 is 1.48 bits per heavy atom. The van der Waals surface area contributed by atoms with Gasteiger partial charge < -0.3 is 35.4 Å². The zero-order chi connectivity index (χ0) is 34.5. The van der Waals surface area contributed by atoms with E-state index < -0.39 is 5.60 Å². The van der Waals surface area contributed by atoms with Crippen molar-refractivity contribution in [1.29, 1.82) is 0 Å². The molecular weight excluding hydrogens is 634 g/mol. The summed E-state index contributed by atoms with van der Waals surface area (Å²) in [6.45, 7) is 8.94. The normalized spacial score (nSPS) is 19.9. The van der Waals surface area contributed by atoms with Gasteiger partial charge >= 0.3 is 0 Å². The Kier molecular flexibility index (Phi) is 9.78. The summed E-state index contributed by atoms with van der Waals surface area (Å²) in [4.78, 5) is 31.8. The van der Waals surface area contributed by atoms with Crippen LogP contribution in [0.5, 0.6) is 0 Å². The third-order valence-electron chi connectivity index (χ3n) is 9.19. The van der Waals surface area contributed by atoms with Crippen molar-refractivity contribution in [3.05, 3.63) is 101 Å². The Morgan fingerprint density at radius 1 is 0.840 bits per heavy atom. The molecule has 6 heterocycles. The molecule has 5 aromatic rings. The summed E-state index contributed by atoms with van der Waals surface area (Å²) in [5.74, 6) is 0.889. The van der Waals surface area contributed by atoms with Crippen molar-refractivity contribution in [3.8, 4) is 5.82 Å². The smallest absolute Gasteiger partial charge is 0.278 e. The SMILES string of the molecule is C[C@@]1(O)CC/C=C\Cn2c(=O)c3cnc(Nc4ccc(N5CCOCC5)cc4)nc3n2-c2cccc1n2.Nc1ccc(N2CCOCC2)cc1. The van der Waals surface area contributed by atoms with Crippen molar-refractivity contribution in [1.82, 2.24) is 24.3 Å². The van der Waals surface area contributed by atoms with Crippen LogP contribution >= 0.6 is 0 Å². The number of allylic oxidation sites excluding steroid dienone is 2. The van der Waals surface area contributed by atoms with E-state index in [2.05, 4.69) is 44.4 Å². The Labute approximate surface area is 290 Å². The number of aliphatic hydroxyl groups is 1. The Balaban J connectivity index is 0.000000253. The highest BCUT2D eigenvalue weighted by Gasteiger charge is 2.26. The highest BCUT2D eigenvalue weighted by Crippen LogP contribution is 2.27. The van der Waals surface area contributed by atoms with Gasteiger partial charge in [-0.05, 0) is 80.4 Å². The van der Waals surface area contributed by atoms with Gasteiger partial charge in [0.15, 0.2) is 11.5 Å². The van der Waals surface area contributed by atoms with Crippen molar-refractivity contribution in [2.45, 2.75) is 31.9 Å². The van der Waals surface area contributed by atoms with E-state index in [-0.39, 0.29) is 5.56 Å². The van der Waals surface area contributed by atoms with E-state index >= 15 is 0 Å². The standard InChI is InChI=1S/C27H29N7O3.C10H14N2O/c1-27(36)12-3-2-4-13-33-25(35)21-18-28-26(31-24(21)34(33)23-7-5-6-22(27)30-23)29-19-8-10-20(11-9-19)32-14-16-37-17-15-32;11-9-1-3-10(4-2-9)12-5-7-13-8-6-12/h2,4-11,18,36H,3,12-17H2,1H3,(H,28,29,31);1-4H,5-8,11H2/b4-2-;/t27-;/m1./s1. The number of hydrogen-bond acceptors (Lipinski definition) is 11. The molecule has 3 aliphatic heterocycles. The number of nitrogens with one attached hydrogen (secondary N) is 1. The highest BCUT2D eigenvalue weighted by molar-refractivity contribution is 5.77. The van der Waals surface area contributed by atoms with Crippen molar-refractivity contribution in [2.24, 2.45) is 0 Å². The van der Waals surface area contributed by atoms with E-state index in [1.807, 2.05) is 54.6 Å². The Bertz CT molecular complexity index is 1990. The van der Waals surface area contributed by atoms with Gasteiger partial charge in [-0.1, -0.05) is 18.2 Å². The average Bonchev–Trinajstić information content (AvgIpc) is 3.42. The maximum Gasteiger partial charge on any atom is 0.278 e.